The van der Waals surface area contributed by atoms with Crippen molar-refractivity contribution in [3.05, 3.63) is 71.0 Å². The van der Waals surface area contributed by atoms with Crippen LogP contribution in [0.2, 0.25) is 0 Å². The SMILES string of the molecule is Cc1cc(F)ccc1CC(CNC(C)C)c1ccccc1. The summed E-state index contributed by atoms with van der Waals surface area (Å²) >= 11 is 0. The Morgan fingerprint density at radius 1 is 1.05 bits per heavy atom. The van der Waals surface area contributed by atoms with Crippen LogP contribution < -0.4 is 5.32 Å². The number of aryl methyl sites for hydroxylation is 1. The third kappa shape index (κ3) is 4.68. The van der Waals surface area contributed by atoms with Crippen LogP contribution in [0.3, 0.4) is 0 Å². The molecule has 1 nitrogen and oxygen atoms in total. The van der Waals surface area contributed by atoms with E-state index < -0.39 is 0 Å². The van der Waals surface area contributed by atoms with Gasteiger partial charge in [0.05, 0.1) is 0 Å². The van der Waals surface area contributed by atoms with Crippen LogP contribution in [0.5, 0.6) is 0 Å². The second-order valence-corrected chi connectivity index (χ2v) is 5.95. The first-order valence-corrected chi connectivity index (χ1v) is 7.59. The van der Waals surface area contributed by atoms with E-state index in [2.05, 4.69) is 43.4 Å². The number of nitrogens with one attached hydrogen (secondary N) is 1. The van der Waals surface area contributed by atoms with Crippen LogP contribution in [0.15, 0.2) is 48.5 Å². The van der Waals surface area contributed by atoms with E-state index in [0.29, 0.717) is 12.0 Å². The lowest BCUT2D eigenvalue weighted by Crippen LogP contribution is -2.29. The van der Waals surface area contributed by atoms with E-state index in [1.807, 2.05) is 19.1 Å². The van der Waals surface area contributed by atoms with Gasteiger partial charge in [-0.1, -0.05) is 50.2 Å². The molecule has 1 atom stereocenters. The first-order valence-electron chi connectivity index (χ1n) is 7.59. The van der Waals surface area contributed by atoms with E-state index >= 15 is 0 Å². The van der Waals surface area contributed by atoms with Crippen molar-refractivity contribution in [2.24, 2.45) is 0 Å². The first-order chi connectivity index (χ1) is 10.1. The van der Waals surface area contributed by atoms with Gasteiger partial charge >= 0.3 is 0 Å². The number of rotatable bonds is 6. The summed E-state index contributed by atoms with van der Waals surface area (Å²) in [4.78, 5) is 0. The molecular formula is C19H24FN. The summed E-state index contributed by atoms with van der Waals surface area (Å²) in [5.41, 5.74) is 3.57. The summed E-state index contributed by atoms with van der Waals surface area (Å²) in [6.45, 7) is 7.23. The van der Waals surface area contributed by atoms with Gasteiger partial charge in [-0.05, 0) is 42.2 Å². The molecular weight excluding hydrogens is 261 g/mol. The van der Waals surface area contributed by atoms with E-state index in [1.54, 1.807) is 12.1 Å². The van der Waals surface area contributed by atoms with Gasteiger partial charge in [-0.2, -0.15) is 0 Å². The van der Waals surface area contributed by atoms with Gasteiger partial charge in [0.15, 0.2) is 0 Å². The Morgan fingerprint density at radius 2 is 1.76 bits per heavy atom. The summed E-state index contributed by atoms with van der Waals surface area (Å²) in [7, 11) is 0. The minimum atomic E-state index is -0.159. The van der Waals surface area contributed by atoms with Crippen molar-refractivity contribution < 1.29 is 4.39 Å². The lowest BCUT2D eigenvalue weighted by atomic mass is 9.90. The normalized spacial score (nSPS) is 12.6. The third-order valence-electron chi connectivity index (χ3n) is 3.81. The van der Waals surface area contributed by atoms with E-state index in [1.165, 1.54) is 11.1 Å². The van der Waals surface area contributed by atoms with Gasteiger partial charge in [-0.25, -0.2) is 4.39 Å². The molecule has 0 bridgehead atoms. The van der Waals surface area contributed by atoms with Crippen molar-refractivity contribution in [3.63, 3.8) is 0 Å². The van der Waals surface area contributed by atoms with Crippen molar-refractivity contribution in [1.29, 1.82) is 0 Å². The molecule has 0 aromatic heterocycles. The highest BCUT2D eigenvalue weighted by Gasteiger charge is 2.14. The quantitative estimate of drug-likeness (QED) is 0.826. The highest BCUT2D eigenvalue weighted by Crippen LogP contribution is 2.23. The van der Waals surface area contributed by atoms with Crippen LogP contribution in [-0.4, -0.2) is 12.6 Å². The molecule has 0 aliphatic heterocycles. The lowest BCUT2D eigenvalue weighted by Gasteiger charge is -2.21. The summed E-state index contributed by atoms with van der Waals surface area (Å²) in [6, 6.07) is 16.1. The van der Waals surface area contributed by atoms with E-state index in [4.69, 9.17) is 0 Å². The minimum Gasteiger partial charge on any atom is -0.314 e. The molecule has 0 heterocycles. The fraction of sp³-hybridized carbons (Fsp3) is 0.368. The Labute approximate surface area is 127 Å². The Bertz CT molecular complexity index is 563. The molecule has 2 rings (SSSR count). The molecule has 2 aromatic rings. The highest BCUT2D eigenvalue weighted by molar-refractivity contribution is 5.30. The molecule has 1 unspecified atom stereocenters. The summed E-state index contributed by atoms with van der Waals surface area (Å²) < 4.78 is 13.2. The fourth-order valence-corrected chi connectivity index (χ4v) is 2.56. The van der Waals surface area contributed by atoms with Gasteiger partial charge in [-0.15, -0.1) is 0 Å². The van der Waals surface area contributed by atoms with Crippen molar-refractivity contribution in [3.8, 4) is 0 Å². The highest BCUT2D eigenvalue weighted by atomic mass is 19.1. The molecule has 0 spiro atoms. The first kappa shape index (κ1) is 15.7. The van der Waals surface area contributed by atoms with Crippen LogP contribution in [-0.2, 0) is 6.42 Å². The molecule has 0 fully saturated rings. The third-order valence-corrected chi connectivity index (χ3v) is 3.81. The lowest BCUT2D eigenvalue weighted by molar-refractivity contribution is 0.526. The van der Waals surface area contributed by atoms with Crippen LogP contribution in [0, 0.1) is 12.7 Å². The van der Waals surface area contributed by atoms with Crippen molar-refractivity contribution in [1.82, 2.24) is 5.32 Å². The van der Waals surface area contributed by atoms with E-state index in [-0.39, 0.29) is 5.82 Å². The molecule has 0 radical (unpaired) electrons. The second kappa shape index (κ2) is 7.37. The minimum absolute atomic E-state index is 0.159. The Kier molecular flexibility index (Phi) is 5.51. The topological polar surface area (TPSA) is 12.0 Å². The zero-order chi connectivity index (χ0) is 15.2. The predicted octanol–water partition coefficient (Wildman–Crippen LogP) is 4.46. The number of benzene rings is 2. The van der Waals surface area contributed by atoms with Crippen LogP contribution >= 0.6 is 0 Å². The molecule has 21 heavy (non-hydrogen) atoms. The van der Waals surface area contributed by atoms with Crippen molar-refractivity contribution in [2.75, 3.05) is 6.54 Å². The maximum atomic E-state index is 13.2. The number of halogens is 1. The molecule has 0 saturated carbocycles. The predicted molar refractivity (Wildman–Crippen MR) is 87.2 cm³/mol. The van der Waals surface area contributed by atoms with Gasteiger partial charge in [-0.3, -0.25) is 0 Å². The molecule has 0 saturated heterocycles. The molecule has 2 heteroatoms. The standard InChI is InChI=1S/C19H24FN/c1-14(2)21-13-18(16-7-5-4-6-8-16)12-17-9-10-19(20)11-15(17)3/h4-11,14,18,21H,12-13H2,1-3H3. The Balaban J connectivity index is 2.19. The van der Waals surface area contributed by atoms with Crippen molar-refractivity contribution >= 4 is 0 Å². The van der Waals surface area contributed by atoms with E-state index in [0.717, 1.165) is 18.5 Å². The van der Waals surface area contributed by atoms with Gasteiger partial charge in [0, 0.05) is 18.5 Å². The maximum Gasteiger partial charge on any atom is 0.123 e. The van der Waals surface area contributed by atoms with Crippen LogP contribution in [0.4, 0.5) is 4.39 Å². The summed E-state index contributed by atoms with van der Waals surface area (Å²) in [5.74, 6) is 0.241. The molecule has 2 aromatic carbocycles. The van der Waals surface area contributed by atoms with Crippen LogP contribution in [0.1, 0.15) is 36.5 Å². The molecule has 0 aliphatic rings. The van der Waals surface area contributed by atoms with Crippen LogP contribution in [0.25, 0.3) is 0 Å². The molecule has 0 amide bonds. The smallest absolute Gasteiger partial charge is 0.123 e. The largest absolute Gasteiger partial charge is 0.314 e. The monoisotopic (exact) mass is 285 g/mol. The van der Waals surface area contributed by atoms with Gasteiger partial charge < -0.3 is 5.32 Å². The Hall–Kier alpha value is -1.67. The van der Waals surface area contributed by atoms with Gasteiger partial charge in [0.2, 0.25) is 0 Å². The Morgan fingerprint density at radius 3 is 2.38 bits per heavy atom. The zero-order valence-corrected chi connectivity index (χ0v) is 13.1. The fourth-order valence-electron chi connectivity index (χ4n) is 2.56. The number of hydrogen-bond acceptors (Lipinski definition) is 1. The average molecular weight is 285 g/mol. The second-order valence-electron chi connectivity index (χ2n) is 5.95. The van der Waals surface area contributed by atoms with Crippen molar-refractivity contribution in [2.45, 2.75) is 39.2 Å². The number of hydrogen-bond donors (Lipinski definition) is 1. The summed E-state index contributed by atoms with van der Waals surface area (Å²) in [6.07, 6.45) is 0.926. The zero-order valence-electron chi connectivity index (χ0n) is 13.1. The molecule has 112 valence electrons. The summed E-state index contributed by atoms with van der Waals surface area (Å²) in [5, 5.41) is 3.52. The average Bonchev–Trinajstić information content (AvgIpc) is 2.46. The van der Waals surface area contributed by atoms with Gasteiger partial charge in [0.25, 0.3) is 0 Å². The molecule has 1 N–H and O–H groups in total. The van der Waals surface area contributed by atoms with Gasteiger partial charge in [0.1, 0.15) is 5.82 Å². The van der Waals surface area contributed by atoms with E-state index in [9.17, 15) is 4.39 Å². The maximum absolute atomic E-state index is 13.2. The molecule has 0 aliphatic carbocycles.